The molecule has 11 heteroatoms. The van der Waals surface area contributed by atoms with Gasteiger partial charge in [0.05, 0.1) is 39.3 Å². The molecule has 0 saturated heterocycles. The van der Waals surface area contributed by atoms with Gasteiger partial charge in [0.15, 0.2) is 11.5 Å². The number of carbonyl (C=O) groups is 1. The van der Waals surface area contributed by atoms with Crippen molar-refractivity contribution in [2.75, 3.05) is 14.2 Å². The second-order valence-corrected chi connectivity index (χ2v) is 7.37. The third kappa shape index (κ3) is 4.98. The Bertz CT molecular complexity index is 1480. The second-order valence-electron chi connectivity index (χ2n) is 7.37. The molecule has 0 fully saturated rings. The van der Waals surface area contributed by atoms with Crippen LogP contribution < -0.4 is 26.0 Å². The zero-order chi connectivity index (χ0) is 24.9. The van der Waals surface area contributed by atoms with Gasteiger partial charge in [-0.05, 0) is 42.0 Å². The number of benzene rings is 2. The van der Waals surface area contributed by atoms with E-state index < -0.39 is 28.7 Å². The van der Waals surface area contributed by atoms with Crippen LogP contribution in [0, 0.1) is 5.82 Å². The topological polar surface area (TPSA) is 118 Å². The maximum atomic E-state index is 13.7. The molecule has 4 rings (SSSR count). The molecule has 0 saturated carbocycles. The van der Waals surface area contributed by atoms with Crippen molar-refractivity contribution in [3.05, 3.63) is 105 Å². The summed E-state index contributed by atoms with van der Waals surface area (Å²) < 4.78 is 31.2. The molecule has 0 radical (unpaired) electrons. The van der Waals surface area contributed by atoms with Gasteiger partial charge in [-0.15, -0.1) is 0 Å². The van der Waals surface area contributed by atoms with Crippen molar-refractivity contribution in [3.8, 4) is 17.2 Å². The molecule has 0 spiro atoms. The van der Waals surface area contributed by atoms with E-state index in [2.05, 4.69) is 10.4 Å². The highest BCUT2D eigenvalue weighted by molar-refractivity contribution is 5.91. The summed E-state index contributed by atoms with van der Waals surface area (Å²) in [6.45, 7) is -0.268. The molecular weight excluding hydrogens is 459 g/mol. The predicted molar refractivity (Wildman–Crippen MR) is 123 cm³/mol. The molecule has 4 aromatic rings. The van der Waals surface area contributed by atoms with E-state index in [0.29, 0.717) is 22.8 Å². The Morgan fingerprint density at radius 3 is 2.54 bits per heavy atom. The van der Waals surface area contributed by atoms with Crippen molar-refractivity contribution in [3.63, 3.8) is 0 Å². The summed E-state index contributed by atoms with van der Waals surface area (Å²) in [5.41, 5.74) is -1.69. The van der Waals surface area contributed by atoms with Gasteiger partial charge in [-0.1, -0.05) is 12.1 Å². The number of nitrogens with one attached hydrogen (secondary N) is 1. The highest BCUT2D eigenvalue weighted by Gasteiger charge is 2.21. The molecular formula is C24H21FN4O6. The molecule has 35 heavy (non-hydrogen) atoms. The number of furan rings is 1. The monoisotopic (exact) mass is 480 g/mol. The molecule has 2 heterocycles. The molecule has 2 aromatic heterocycles. The standard InChI is InChI=1S/C24H21FN4O6/c1-33-19-9-8-17(12-20(19)34-2)29-24(32)28(14-15-5-3-6-16(25)11-15)23(31)21(27-29)22(30)26-13-18-7-4-10-35-18/h3-12H,13-14H2,1-2H3,(H,26,30). The van der Waals surface area contributed by atoms with Gasteiger partial charge in [0.25, 0.3) is 11.5 Å². The number of ether oxygens (including phenoxy) is 2. The first-order chi connectivity index (χ1) is 16.9. The lowest BCUT2D eigenvalue weighted by Crippen LogP contribution is -2.46. The molecule has 0 atom stereocenters. The highest BCUT2D eigenvalue weighted by Crippen LogP contribution is 2.28. The normalized spacial score (nSPS) is 10.7. The Morgan fingerprint density at radius 1 is 1.06 bits per heavy atom. The van der Waals surface area contributed by atoms with Gasteiger partial charge in [-0.25, -0.2) is 9.18 Å². The fraction of sp³-hybridized carbons (Fsp3) is 0.167. The van der Waals surface area contributed by atoms with Crippen molar-refractivity contribution < 1.29 is 23.1 Å². The van der Waals surface area contributed by atoms with Crippen LogP contribution in [0.5, 0.6) is 11.5 Å². The van der Waals surface area contributed by atoms with E-state index in [0.717, 1.165) is 9.25 Å². The Kier molecular flexibility index (Phi) is 6.76. The number of rotatable bonds is 8. The van der Waals surface area contributed by atoms with Crippen LogP contribution in [0.15, 0.2) is 74.9 Å². The summed E-state index contributed by atoms with van der Waals surface area (Å²) in [4.78, 5) is 39.3. The smallest absolute Gasteiger partial charge is 0.352 e. The van der Waals surface area contributed by atoms with Crippen molar-refractivity contribution in [1.29, 1.82) is 0 Å². The summed E-state index contributed by atoms with van der Waals surface area (Å²) in [7, 11) is 2.89. The van der Waals surface area contributed by atoms with Gasteiger partial charge in [0.1, 0.15) is 11.6 Å². The molecule has 0 aliphatic rings. The number of nitrogens with zero attached hydrogens (tertiary/aromatic N) is 3. The van der Waals surface area contributed by atoms with Crippen molar-refractivity contribution >= 4 is 5.91 Å². The first-order valence-electron chi connectivity index (χ1n) is 10.4. The van der Waals surface area contributed by atoms with Crippen LogP contribution >= 0.6 is 0 Å². The van der Waals surface area contributed by atoms with Gasteiger partial charge >= 0.3 is 5.69 Å². The second kappa shape index (κ2) is 10.1. The third-order valence-electron chi connectivity index (χ3n) is 5.12. The molecule has 0 aliphatic heterocycles. The van der Waals surface area contributed by atoms with Crippen molar-refractivity contribution in [1.82, 2.24) is 19.7 Å². The lowest BCUT2D eigenvalue weighted by atomic mass is 10.2. The molecule has 0 unspecified atom stereocenters. The quantitative estimate of drug-likeness (QED) is 0.411. The minimum atomic E-state index is -0.923. The Balaban J connectivity index is 1.83. The van der Waals surface area contributed by atoms with Crippen molar-refractivity contribution in [2.24, 2.45) is 0 Å². The van der Waals surface area contributed by atoms with Crippen LogP contribution in [-0.4, -0.2) is 34.5 Å². The summed E-state index contributed by atoms with van der Waals surface area (Å²) in [6.07, 6.45) is 1.45. The average Bonchev–Trinajstić information content (AvgIpc) is 3.38. The summed E-state index contributed by atoms with van der Waals surface area (Å²) in [5, 5.41) is 6.60. The van der Waals surface area contributed by atoms with Gasteiger partial charge in [-0.2, -0.15) is 9.78 Å². The van der Waals surface area contributed by atoms with E-state index in [-0.39, 0.29) is 18.8 Å². The van der Waals surface area contributed by atoms with Crippen LogP contribution in [0.25, 0.3) is 5.69 Å². The summed E-state index contributed by atoms with van der Waals surface area (Å²) in [6, 6.07) is 13.3. The number of amides is 1. The number of methoxy groups -OCH3 is 2. The minimum Gasteiger partial charge on any atom is -0.493 e. The van der Waals surface area contributed by atoms with Gasteiger partial charge in [0.2, 0.25) is 5.69 Å². The third-order valence-corrected chi connectivity index (χ3v) is 5.12. The van der Waals surface area contributed by atoms with Crippen molar-refractivity contribution in [2.45, 2.75) is 13.1 Å². The van der Waals surface area contributed by atoms with Crippen LogP contribution in [-0.2, 0) is 13.1 Å². The van der Waals surface area contributed by atoms with Crippen LogP contribution in [0.4, 0.5) is 4.39 Å². The Labute approximate surface area is 198 Å². The Hall–Kier alpha value is -4.67. The SMILES string of the molecule is COc1ccc(-n2nc(C(=O)NCc3ccco3)c(=O)n(Cc3cccc(F)c3)c2=O)cc1OC. The molecule has 180 valence electrons. The zero-order valence-corrected chi connectivity index (χ0v) is 18.9. The first-order valence-corrected chi connectivity index (χ1v) is 10.4. The number of aromatic nitrogens is 3. The van der Waals surface area contributed by atoms with E-state index in [9.17, 15) is 18.8 Å². The molecule has 0 aliphatic carbocycles. The van der Waals surface area contributed by atoms with E-state index >= 15 is 0 Å². The largest absolute Gasteiger partial charge is 0.493 e. The number of hydrogen-bond donors (Lipinski definition) is 1. The van der Waals surface area contributed by atoms with Crippen LogP contribution in [0.2, 0.25) is 0 Å². The lowest BCUT2D eigenvalue weighted by molar-refractivity contribution is 0.0938. The van der Waals surface area contributed by atoms with E-state index in [1.54, 1.807) is 24.3 Å². The molecule has 1 amide bonds. The number of carbonyl (C=O) groups excluding carboxylic acids is 1. The highest BCUT2D eigenvalue weighted by atomic mass is 19.1. The fourth-order valence-corrected chi connectivity index (χ4v) is 3.40. The molecule has 1 N–H and O–H groups in total. The average molecular weight is 480 g/mol. The summed E-state index contributed by atoms with van der Waals surface area (Å²) >= 11 is 0. The van der Waals surface area contributed by atoms with Crippen LogP contribution in [0.3, 0.4) is 0 Å². The van der Waals surface area contributed by atoms with E-state index in [1.807, 2.05) is 0 Å². The van der Waals surface area contributed by atoms with E-state index in [4.69, 9.17) is 13.9 Å². The first kappa shape index (κ1) is 23.5. The Morgan fingerprint density at radius 2 is 1.86 bits per heavy atom. The number of hydrogen-bond acceptors (Lipinski definition) is 7. The molecule has 0 bridgehead atoms. The maximum Gasteiger partial charge on any atom is 0.352 e. The van der Waals surface area contributed by atoms with Gasteiger partial charge in [0, 0.05) is 6.07 Å². The number of halogens is 1. The van der Waals surface area contributed by atoms with Gasteiger partial charge in [-0.3, -0.25) is 14.2 Å². The summed E-state index contributed by atoms with van der Waals surface area (Å²) in [5.74, 6) is -0.152. The predicted octanol–water partition coefficient (Wildman–Crippen LogP) is 2.12. The zero-order valence-electron chi connectivity index (χ0n) is 18.9. The maximum absolute atomic E-state index is 13.7. The minimum absolute atomic E-state index is 0.00628. The molecule has 10 nitrogen and oxygen atoms in total. The van der Waals surface area contributed by atoms with E-state index in [1.165, 1.54) is 50.8 Å². The van der Waals surface area contributed by atoms with Crippen LogP contribution in [0.1, 0.15) is 21.8 Å². The fourth-order valence-electron chi connectivity index (χ4n) is 3.40. The lowest BCUT2D eigenvalue weighted by Gasteiger charge is -2.14. The van der Waals surface area contributed by atoms with Gasteiger partial charge < -0.3 is 19.2 Å². The molecule has 2 aromatic carbocycles.